The van der Waals surface area contributed by atoms with Crippen molar-refractivity contribution in [3.63, 3.8) is 0 Å². The van der Waals surface area contributed by atoms with Crippen molar-refractivity contribution in [2.45, 2.75) is 63.6 Å². The fourth-order valence-electron chi connectivity index (χ4n) is 5.88. The predicted octanol–water partition coefficient (Wildman–Crippen LogP) is 3.93. The molecule has 4 atom stereocenters. The molecule has 5 aromatic rings. The van der Waals surface area contributed by atoms with Crippen molar-refractivity contribution >= 4 is 61.6 Å². The number of halogens is 1. The number of aryl methyl sites for hydroxylation is 1. The molecule has 2 aromatic carbocycles. The minimum Gasteiger partial charge on any atom is -0.497 e. The van der Waals surface area contributed by atoms with Crippen LogP contribution in [0.25, 0.3) is 22.1 Å². The van der Waals surface area contributed by atoms with Gasteiger partial charge in [0.25, 0.3) is 10.0 Å². The van der Waals surface area contributed by atoms with Crippen LogP contribution in [0.15, 0.2) is 59.9 Å². The number of carbonyl (C=O) groups excluding carboxylic acids is 3. The van der Waals surface area contributed by atoms with Gasteiger partial charge in [-0.25, -0.2) is 17.4 Å². The molecule has 0 bridgehead atoms. The van der Waals surface area contributed by atoms with Crippen LogP contribution in [0.1, 0.15) is 38.1 Å². The van der Waals surface area contributed by atoms with Gasteiger partial charge in [0.05, 0.1) is 30.5 Å². The van der Waals surface area contributed by atoms with Crippen LogP contribution in [-0.4, -0.2) is 88.5 Å². The lowest BCUT2D eigenvalue weighted by Crippen LogP contribution is -2.40. The zero-order valence-electron chi connectivity index (χ0n) is 28.6. The molecule has 1 aliphatic heterocycles. The number of ether oxygens (including phenoxy) is 6. The molecule has 0 aliphatic carbocycles. The van der Waals surface area contributed by atoms with Gasteiger partial charge >= 0.3 is 23.9 Å². The van der Waals surface area contributed by atoms with Gasteiger partial charge in [-0.05, 0) is 42.8 Å². The fourth-order valence-corrected chi connectivity index (χ4v) is 7.47. The third-order valence-electron chi connectivity index (χ3n) is 8.21. The second-order valence-corrected chi connectivity index (χ2v) is 14.1. The molecule has 18 heteroatoms. The van der Waals surface area contributed by atoms with E-state index in [0.717, 1.165) is 5.56 Å². The van der Waals surface area contributed by atoms with Crippen molar-refractivity contribution in [3.8, 4) is 11.8 Å². The average molecular weight is 756 g/mol. The molecule has 16 nitrogen and oxygen atoms in total. The highest BCUT2D eigenvalue weighted by Crippen LogP contribution is 2.37. The zero-order valence-corrected chi connectivity index (χ0v) is 30.2. The molecule has 6 rings (SSSR count). The van der Waals surface area contributed by atoms with Gasteiger partial charge in [-0.15, -0.1) is 0 Å². The summed E-state index contributed by atoms with van der Waals surface area (Å²) < 4.78 is 63.7. The fraction of sp³-hybridized carbons (Fsp3) is 0.353. The van der Waals surface area contributed by atoms with E-state index in [2.05, 4.69) is 15.0 Å². The highest BCUT2D eigenvalue weighted by molar-refractivity contribution is 7.90. The van der Waals surface area contributed by atoms with Gasteiger partial charge in [-0.2, -0.15) is 9.97 Å². The van der Waals surface area contributed by atoms with Gasteiger partial charge in [-0.3, -0.25) is 19.0 Å². The van der Waals surface area contributed by atoms with E-state index >= 15 is 0 Å². The van der Waals surface area contributed by atoms with Gasteiger partial charge in [0.1, 0.15) is 24.0 Å². The molecular formula is C34H34ClN5O11S. The number of hydrogen-bond acceptors (Lipinski definition) is 14. The molecule has 0 spiro atoms. The third-order valence-corrected chi connectivity index (χ3v) is 10.2. The maximum absolute atomic E-state index is 13.7. The largest absolute Gasteiger partial charge is 0.497 e. The summed E-state index contributed by atoms with van der Waals surface area (Å²) in [5, 5.41) is 0.589. The Hall–Kier alpha value is -5.26. The van der Waals surface area contributed by atoms with Crippen molar-refractivity contribution in [1.82, 2.24) is 23.5 Å². The first-order valence-corrected chi connectivity index (χ1v) is 17.7. The summed E-state index contributed by atoms with van der Waals surface area (Å²) in [5.41, 5.74) is 2.34. The lowest BCUT2D eigenvalue weighted by molar-refractivity contribution is -0.166. The Morgan fingerprint density at radius 2 is 1.67 bits per heavy atom. The molecule has 0 N–H and O–H groups in total. The van der Waals surface area contributed by atoms with Gasteiger partial charge < -0.3 is 28.4 Å². The third kappa shape index (κ3) is 7.37. The summed E-state index contributed by atoms with van der Waals surface area (Å²) in [5.74, 6) is -1.41. The second kappa shape index (κ2) is 14.8. The van der Waals surface area contributed by atoms with E-state index in [4.69, 9.17) is 40.0 Å². The van der Waals surface area contributed by atoms with E-state index in [0.29, 0.717) is 22.2 Å². The highest BCUT2D eigenvalue weighted by Gasteiger charge is 2.51. The molecule has 1 saturated heterocycles. The average Bonchev–Trinajstić information content (AvgIpc) is 3.77. The van der Waals surface area contributed by atoms with Crippen molar-refractivity contribution in [1.29, 1.82) is 0 Å². The number of hydrogen-bond donors (Lipinski definition) is 0. The molecule has 52 heavy (non-hydrogen) atoms. The Bertz CT molecular complexity index is 2270. The van der Waals surface area contributed by atoms with Gasteiger partial charge in [0, 0.05) is 38.8 Å². The SMILES string of the molecule is COc1ccc2c(c1)c(CCOc1nc(Cl)c3ncn([C@@H]4O[C@H](COC(C)=O)[C@@H](OC(C)=O)[C@H]4OC(C)=O)c3n1)cn2S(=O)(=O)c1ccc(C)cc1. The molecule has 0 amide bonds. The van der Waals surface area contributed by atoms with E-state index < -0.39 is 52.5 Å². The molecule has 1 aliphatic rings. The van der Waals surface area contributed by atoms with Crippen LogP contribution in [0.5, 0.6) is 11.8 Å². The van der Waals surface area contributed by atoms with Crippen molar-refractivity contribution in [2.24, 2.45) is 0 Å². The Morgan fingerprint density at radius 3 is 2.35 bits per heavy atom. The van der Waals surface area contributed by atoms with Crippen molar-refractivity contribution in [3.05, 3.63) is 71.3 Å². The van der Waals surface area contributed by atoms with Crippen LogP contribution in [0.2, 0.25) is 5.15 Å². The minimum atomic E-state index is -3.94. The van der Waals surface area contributed by atoms with Gasteiger partial charge in [0.2, 0.25) is 0 Å². The highest BCUT2D eigenvalue weighted by atomic mass is 35.5. The number of aromatic nitrogens is 5. The van der Waals surface area contributed by atoms with E-state index in [1.54, 1.807) is 48.7 Å². The topological polar surface area (TPSA) is 189 Å². The monoisotopic (exact) mass is 755 g/mol. The van der Waals surface area contributed by atoms with Crippen LogP contribution in [-0.2, 0) is 49.8 Å². The molecule has 4 heterocycles. The quantitative estimate of drug-likeness (QED) is 0.101. The number of benzene rings is 2. The number of rotatable bonds is 12. The summed E-state index contributed by atoms with van der Waals surface area (Å²) >= 11 is 6.50. The summed E-state index contributed by atoms with van der Waals surface area (Å²) in [7, 11) is -2.42. The van der Waals surface area contributed by atoms with Gasteiger partial charge in [-0.1, -0.05) is 29.3 Å². The van der Waals surface area contributed by atoms with Crippen LogP contribution in [0, 0.1) is 6.92 Å². The Morgan fingerprint density at radius 1 is 0.962 bits per heavy atom. The first-order valence-electron chi connectivity index (χ1n) is 15.9. The predicted molar refractivity (Wildman–Crippen MR) is 183 cm³/mol. The molecule has 1 fully saturated rings. The number of carbonyl (C=O) groups is 3. The number of imidazole rings is 1. The van der Waals surface area contributed by atoms with Crippen LogP contribution >= 0.6 is 11.6 Å². The van der Waals surface area contributed by atoms with E-state index in [1.165, 1.54) is 42.7 Å². The number of esters is 3. The summed E-state index contributed by atoms with van der Waals surface area (Å²) in [6.07, 6.45) is -1.37. The van der Waals surface area contributed by atoms with E-state index in [1.807, 2.05) is 6.92 Å². The number of nitrogens with zero attached hydrogens (tertiary/aromatic N) is 5. The second-order valence-electron chi connectivity index (χ2n) is 11.9. The molecule has 274 valence electrons. The summed E-state index contributed by atoms with van der Waals surface area (Å²) in [6.45, 7) is 5.16. The molecule has 0 unspecified atom stereocenters. The van der Waals surface area contributed by atoms with Crippen LogP contribution < -0.4 is 9.47 Å². The van der Waals surface area contributed by atoms with Gasteiger partial charge in [0.15, 0.2) is 29.2 Å². The zero-order chi connectivity index (χ0) is 37.3. The number of fused-ring (bicyclic) bond motifs is 2. The first-order chi connectivity index (χ1) is 24.8. The molecule has 0 radical (unpaired) electrons. The lowest BCUT2D eigenvalue weighted by Gasteiger charge is -2.23. The van der Waals surface area contributed by atoms with Crippen molar-refractivity contribution < 1.29 is 51.2 Å². The van der Waals surface area contributed by atoms with E-state index in [-0.39, 0.29) is 46.9 Å². The number of methoxy groups -OCH3 is 1. The van der Waals surface area contributed by atoms with Crippen LogP contribution in [0.4, 0.5) is 0 Å². The maximum Gasteiger partial charge on any atom is 0.319 e. The van der Waals surface area contributed by atoms with Crippen LogP contribution in [0.3, 0.4) is 0 Å². The normalized spacial score (nSPS) is 18.7. The standard InChI is InChI=1S/C34H34ClN5O11S/c1-18-6-9-24(10-7-18)52(44,45)40-15-22(25-14-23(46-5)8-11-26(25)40)12-13-47-34-37-31(35)28-32(38-34)39(17-36-28)33-30(50-21(4)43)29(49-20(3)42)27(51-33)16-48-19(2)41/h6-11,14-15,17,27,29-30,33H,12-13,16H2,1-5H3/t27-,29-,30-,33-/m1/s1. The Balaban J connectivity index is 1.29. The Kier molecular flexibility index (Phi) is 10.4. The first kappa shape index (κ1) is 36.5. The Labute approximate surface area is 302 Å². The van der Waals surface area contributed by atoms with Crippen molar-refractivity contribution in [2.75, 3.05) is 20.3 Å². The van der Waals surface area contributed by atoms with E-state index in [9.17, 15) is 22.8 Å². The molecule has 0 saturated carbocycles. The molecular weight excluding hydrogens is 722 g/mol. The summed E-state index contributed by atoms with van der Waals surface area (Å²) in [6, 6.07) is 11.6. The molecule has 3 aromatic heterocycles. The lowest BCUT2D eigenvalue weighted by atomic mass is 10.1. The smallest absolute Gasteiger partial charge is 0.319 e. The minimum absolute atomic E-state index is 0.00581. The maximum atomic E-state index is 13.7. The summed E-state index contributed by atoms with van der Waals surface area (Å²) in [4.78, 5) is 48.9.